The van der Waals surface area contributed by atoms with Gasteiger partial charge < -0.3 is 10.2 Å². The van der Waals surface area contributed by atoms with E-state index in [2.05, 4.69) is 0 Å². The van der Waals surface area contributed by atoms with Crippen molar-refractivity contribution >= 4 is 17.3 Å². The van der Waals surface area contributed by atoms with Crippen LogP contribution >= 0.6 is 0 Å². The number of aliphatic hydroxyl groups is 2. The largest absolute Gasteiger partial charge is 0.388 e. The van der Waals surface area contributed by atoms with Gasteiger partial charge in [-0.2, -0.15) is 0 Å². The monoisotopic (exact) mass is 362 g/mol. The average molecular weight is 362 g/mol. The van der Waals surface area contributed by atoms with E-state index in [-0.39, 0.29) is 24.5 Å². The normalized spacial score (nSPS) is 51.8. The molecule has 5 nitrogen and oxygen atoms in total. The summed E-state index contributed by atoms with van der Waals surface area (Å²) in [7, 11) is 0. The van der Waals surface area contributed by atoms with Gasteiger partial charge in [-0.3, -0.25) is 14.4 Å². The molecule has 0 aromatic carbocycles. The quantitative estimate of drug-likeness (QED) is 0.781. The maximum Gasteiger partial charge on any atom is 0.190 e. The van der Waals surface area contributed by atoms with Gasteiger partial charge in [0.1, 0.15) is 17.9 Å². The van der Waals surface area contributed by atoms with Gasteiger partial charge in [-0.05, 0) is 49.7 Å². The fraction of sp³-hybridized carbons (Fsp3) is 0.667. The van der Waals surface area contributed by atoms with Crippen LogP contribution in [0.3, 0.4) is 0 Å². The Balaban J connectivity index is 1.87. The molecule has 3 fully saturated rings. The number of rotatable bonds is 2. The second kappa shape index (κ2) is 5.46. The first-order valence-corrected chi connectivity index (χ1v) is 9.10. The number of hydrogen-bond donors (Lipinski definition) is 2. The van der Waals surface area contributed by atoms with Gasteiger partial charge in [0.15, 0.2) is 11.6 Å². The van der Waals surface area contributed by atoms with Crippen LogP contribution in [0.5, 0.6) is 0 Å². The first-order valence-electron chi connectivity index (χ1n) is 11.1. The third kappa shape index (κ3) is 2.01. The number of hydrogen-bond acceptors (Lipinski definition) is 5. The average Bonchev–Trinajstić information content (AvgIpc) is 2.92. The Labute approximate surface area is 158 Å². The lowest BCUT2D eigenvalue weighted by molar-refractivity contribution is -0.168. The number of allylic oxidation sites excluding steroid dienone is 4. The second-order valence-corrected chi connectivity index (χ2v) is 8.51. The first-order chi connectivity index (χ1) is 13.6. The van der Waals surface area contributed by atoms with Crippen LogP contribution in [-0.2, 0) is 14.4 Å². The summed E-state index contributed by atoms with van der Waals surface area (Å²) in [6.07, 6.45) is 3.02. The molecule has 6 atom stereocenters. The van der Waals surface area contributed by atoms with Crippen molar-refractivity contribution in [1.29, 1.82) is 0 Å². The lowest BCUT2D eigenvalue weighted by Gasteiger charge is -2.56. The van der Waals surface area contributed by atoms with E-state index in [1.165, 1.54) is 19.1 Å². The number of Topliss-reactive ketones (excluding diaryl/α,β-unsaturated/α-hetero) is 2. The van der Waals surface area contributed by atoms with Crippen molar-refractivity contribution in [2.75, 3.05) is 6.56 Å². The highest BCUT2D eigenvalue weighted by molar-refractivity contribution is 6.02. The molecule has 0 radical (unpaired) electrons. The molecule has 0 heterocycles. The molecule has 0 unspecified atom stereocenters. The lowest BCUT2D eigenvalue weighted by Crippen LogP contribution is -2.60. The van der Waals surface area contributed by atoms with Crippen molar-refractivity contribution in [3.63, 3.8) is 0 Å². The van der Waals surface area contributed by atoms with Gasteiger partial charge >= 0.3 is 0 Å². The minimum atomic E-state index is -3.34. The zero-order chi connectivity index (χ0) is 22.5. The molecule has 0 amide bonds. The summed E-state index contributed by atoms with van der Waals surface area (Å²) in [5.74, 6) is -4.05. The van der Waals surface area contributed by atoms with Crippen LogP contribution in [0.4, 0.5) is 0 Å². The standard InChI is InChI=1S/C21H26O5/c1-19-7-5-13(23)9-12(19)3-4-14-15-6-8-21(26,17(25)11-22)20(15,2)10-16(24)18(14)19/h5,7,9,14-15,18,22,26H,3-4,6,8,10-11H2,1-2H3/t14-,15-,18+,19-,20-,21-/m0/s1/i10D2,11D2. The summed E-state index contributed by atoms with van der Waals surface area (Å²) in [5, 5.41) is 21.0. The molecule has 4 aliphatic carbocycles. The molecule has 3 saturated carbocycles. The van der Waals surface area contributed by atoms with Crippen molar-refractivity contribution in [2.24, 2.45) is 28.6 Å². The zero-order valence-electron chi connectivity index (χ0n) is 18.9. The van der Waals surface area contributed by atoms with Crippen LogP contribution in [-0.4, -0.2) is 39.7 Å². The van der Waals surface area contributed by atoms with E-state index in [1.807, 2.05) is 6.92 Å². The Morgan fingerprint density at radius 1 is 1.38 bits per heavy atom. The van der Waals surface area contributed by atoms with Crippen molar-refractivity contribution in [2.45, 2.75) is 51.5 Å². The first kappa shape index (κ1) is 13.6. The summed E-state index contributed by atoms with van der Waals surface area (Å²) in [6, 6.07) is 0. The Kier molecular flexibility index (Phi) is 2.85. The van der Waals surface area contributed by atoms with Crippen molar-refractivity contribution in [1.82, 2.24) is 0 Å². The molecule has 0 aliphatic heterocycles. The van der Waals surface area contributed by atoms with Gasteiger partial charge in [0.25, 0.3) is 0 Å². The van der Waals surface area contributed by atoms with Crippen molar-refractivity contribution in [3.8, 4) is 0 Å². The fourth-order valence-corrected chi connectivity index (χ4v) is 6.05. The third-order valence-corrected chi connectivity index (χ3v) is 7.50. The zero-order valence-corrected chi connectivity index (χ0v) is 14.9. The topological polar surface area (TPSA) is 91.7 Å². The van der Waals surface area contributed by atoms with E-state index in [0.717, 1.165) is 5.57 Å². The molecular weight excluding hydrogens is 332 g/mol. The number of ketones is 3. The molecule has 0 saturated heterocycles. The predicted molar refractivity (Wildman–Crippen MR) is 94.0 cm³/mol. The Morgan fingerprint density at radius 2 is 2.12 bits per heavy atom. The van der Waals surface area contributed by atoms with Gasteiger partial charge in [0.05, 0.1) is 2.74 Å². The smallest absolute Gasteiger partial charge is 0.190 e. The summed E-state index contributed by atoms with van der Waals surface area (Å²) < 4.78 is 32.3. The maximum absolute atomic E-state index is 13.6. The number of carbonyl (C=O) groups is 3. The van der Waals surface area contributed by atoms with E-state index >= 15 is 0 Å². The van der Waals surface area contributed by atoms with E-state index in [9.17, 15) is 24.6 Å². The molecule has 5 heteroatoms. The molecule has 0 bridgehead atoms. The van der Waals surface area contributed by atoms with Crippen molar-refractivity contribution in [3.05, 3.63) is 23.8 Å². The minimum absolute atomic E-state index is 0.164. The number of carbonyl (C=O) groups excluding carboxylic acids is 3. The van der Waals surface area contributed by atoms with Crippen LogP contribution in [0.1, 0.15) is 51.4 Å². The Hall–Kier alpha value is -1.59. The lowest BCUT2D eigenvalue weighted by atomic mass is 9.46. The van der Waals surface area contributed by atoms with Gasteiger partial charge in [0, 0.05) is 25.9 Å². The van der Waals surface area contributed by atoms with Gasteiger partial charge in [-0.15, -0.1) is 0 Å². The summed E-state index contributed by atoms with van der Waals surface area (Å²) in [6.45, 7) is -0.173. The molecule has 4 aliphatic rings. The van der Waals surface area contributed by atoms with Gasteiger partial charge in [-0.1, -0.05) is 25.5 Å². The van der Waals surface area contributed by atoms with Crippen LogP contribution in [0.25, 0.3) is 0 Å². The Bertz CT molecular complexity index is 919. The molecule has 0 aromatic heterocycles. The van der Waals surface area contributed by atoms with Crippen LogP contribution < -0.4 is 0 Å². The molecule has 26 heavy (non-hydrogen) atoms. The maximum atomic E-state index is 13.6. The van der Waals surface area contributed by atoms with Gasteiger partial charge in [0.2, 0.25) is 0 Å². The fourth-order valence-electron chi connectivity index (χ4n) is 6.05. The molecular formula is C21H26O5. The van der Waals surface area contributed by atoms with Gasteiger partial charge in [-0.25, -0.2) is 0 Å². The number of fused-ring (bicyclic) bond motifs is 5. The minimum Gasteiger partial charge on any atom is -0.388 e. The van der Waals surface area contributed by atoms with Crippen LogP contribution in [0.2, 0.25) is 0 Å². The predicted octanol–water partition coefficient (Wildman–Crippen LogP) is 1.77. The summed E-state index contributed by atoms with van der Waals surface area (Å²) >= 11 is 0. The highest BCUT2D eigenvalue weighted by atomic mass is 16.3. The third-order valence-electron chi connectivity index (χ3n) is 7.50. The second-order valence-electron chi connectivity index (χ2n) is 8.51. The molecule has 2 N–H and O–H groups in total. The molecule has 0 aromatic rings. The molecule has 140 valence electrons. The van der Waals surface area contributed by atoms with Crippen molar-refractivity contribution < 1.29 is 30.1 Å². The summed E-state index contributed by atoms with van der Waals surface area (Å²) in [5.41, 5.74) is -4.41. The van der Waals surface area contributed by atoms with E-state index in [0.29, 0.717) is 12.8 Å². The highest BCUT2D eigenvalue weighted by Crippen LogP contribution is 2.66. The SMILES string of the molecule is [2H]C([2H])(O)C(=O)[C@@]1(O)CC[C@H]2[C@@H]3CCC4=CC(=O)C=C[C@]4(C)[C@H]3C(=O)C([2H])([2H])[C@@]21C. The van der Waals surface area contributed by atoms with E-state index < -0.39 is 52.8 Å². The Morgan fingerprint density at radius 3 is 2.81 bits per heavy atom. The van der Waals surface area contributed by atoms with Crippen LogP contribution in [0.15, 0.2) is 23.8 Å². The summed E-state index contributed by atoms with van der Waals surface area (Å²) in [4.78, 5) is 38.2. The van der Waals surface area contributed by atoms with E-state index in [4.69, 9.17) is 5.48 Å². The molecule has 0 spiro atoms. The van der Waals surface area contributed by atoms with Crippen LogP contribution in [0, 0.1) is 28.6 Å². The highest BCUT2D eigenvalue weighted by Gasteiger charge is 2.68. The van der Waals surface area contributed by atoms with E-state index in [1.54, 1.807) is 6.08 Å². The molecule has 4 rings (SSSR count).